The Hall–Kier alpha value is -2.24. The zero-order valence-electron chi connectivity index (χ0n) is 10.4. The monoisotopic (exact) mass is 252 g/mol. The average molecular weight is 252 g/mol. The van der Waals surface area contributed by atoms with Crippen molar-refractivity contribution in [2.75, 3.05) is 26.0 Å². The van der Waals surface area contributed by atoms with Crippen LogP contribution in [-0.2, 0) is 9.53 Å². The number of ether oxygens (including phenoxy) is 2. The Kier molecular flexibility index (Phi) is 4.98. The second-order valence-corrected chi connectivity index (χ2v) is 3.44. The largest absolute Gasteiger partial charge is 0.495 e. The van der Waals surface area contributed by atoms with Crippen LogP contribution in [0.25, 0.3) is 0 Å². The van der Waals surface area contributed by atoms with Crippen LogP contribution in [0.2, 0.25) is 0 Å². The van der Waals surface area contributed by atoms with E-state index >= 15 is 0 Å². The predicted octanol–water partition coefficient (Wildman–Crippen LogP) is 0.570. The number of esters is 1. The number of rotatable bonds is 5. The van der Waals surface area contributed by atoms with Crippen LogP contribution >= 0.6 is 0 Å². The molecule has 0 saturated heterocycles. The van der Waals surface area contributed by atoms with Crippen LogP contribution in [0.15, 0.2) is 18.2 Å². The predicted molar refractivity (Wildman–Crippen MR) is 66.4 cm³/mol. The molecule has 6 nitrogen and oxygen atoms in total. The third-order valence-electron chi connectivity index (χ3n) is 2.19. The lowest BCUT2D eigenvalue weighted by atomic mass is 10.2. The SMILES string of the molecule is CCOC(=O)CNC(=O)c1ccc(N)c(OC)c1. The number of carbonyl (C=O) groups is 2. The highest BCUT2D eigenvalue weighted by molar-refractivity contribution is 5.96. The number of amides is 1. The van der Waals surface area contributed by atoms with Gasteiger partial charge in [0.15, 0.2) is 0 Å². The molecule has 0 aliphatic rings. The fraction of sp³-hybridized carbons (Fsp3) is 0.333. The van der Waals surface area contributed by atoms with Gasteiger partial charge in [-0.2, -0.15) is 0 Å². The van der Waals surface area contributed by atoms with Crippen molar-refractivity contribution in [2.45, 2.75) is 6.92 Å². The van der Waals surface area contributed by atoms with Crippen LogP contribution in [0.3, 0.4) is 0 Å². The smallest absolute Gasteiger partial charge is 0.325 e. The zero-order valence-corrected chi connectivity index (χ0v) is 10.4. The van der Waals surface area contributed by atoms with Crippen molar-refractivity contribution in [3.8, 4) is 5.75 Å². The molecule has 98 valence electrons. The van der Waals surface area contributed by atoms with Gasteiger partial charge >= 0.3 is 5.97 Å². The van der Waals surface area contributed by atoms with Crippen LogP contribution < -0.4 is 15.8 Å². The summed E-state index contributed by atoms with van der Waals surface area (Å²) in [5.74, 6) is -0.451. The van der Waals surface area contributed by atoms with E-state index in [1.807, 2.05) is 0 Å². The Balaban J connectivity index is 2.64. The molecule has 6 heteroatoms. The van der Waals surface area contributed by atoms with E-state index < -0.39 is 5.97 Å². The van der Waals surface area contributed by atoms with Gasteiger partial charge in [0.2, 0.25) is 0 Å². The molecule has 0 aliphatic carbocycles. The van der Waals surface area contributed by atoms with Crippen LogP contribution in [0, 0.1) is 0 Å². The Morgan fingerprint density at radius 1 is 1.39 bits per heavy atom. The van der Waals surface area contributed by atoms with Crippen LogP contribution in [0.4, 0.5) is 5.69 Å². The standard InChI is InChI=1S/C12H16N2O4/c1-3-18-11(15)7-14-12(16)8-4-5-9(13)10(6-8)17-2/h4-6H,3,7,13H2,1-2H3,(H,14,16). The van der Waals surface area contributed by atoms with Gasteiger partial charge in [0.05, 0.1) is 19.4 Å². The molecule has 1 amide bonds. The minimum absolute atomic E-state index is 0.167. The first-order chi connectivity index (χ1) is 8.58. The third-order valence-corrected chi connectivity index (χ3v) is 2.19. The summed E-state index contributed by atoms with van der Waals surface area (Å²) in [6, 6.07) is 4.63. The lowest BCUT2D eigenvalue weighted by Crippen LogP contribution is -2.30. The van der Waals surface area contributed by atoms with Crippen LogP contribution in [-0.4, -0.2) is 32.1 Å². The molecule has 0 bridgehead atoms. The molecule has 0 aliphatic heterocycles. The van der Waals surface area contributed by atoms with Gasteiger partial charge in [0, 0.05) is 5.56 Å². The summed E-state index contributed by atoms with van der Waals surface area (Å²) in [6.07, 6.45) is 0. The van der Waals surface area contributed by atoms with E-state index in [0.29, 0.717) is 17.0 Å². The van der Waals surface area contributed by atoms with Crippen molar-refractivity contribution in [3.63, 3.8) is 0 Å². The van der Waals surface area contributed by atoms with Gasteiger partial charge in [0.25, 0.3) is 5.91 Å². The summed E-state index contributed by atoms with van der Waals surface area (Å²) in [5, 5.41) is 2.44. The molecule has 0 aromatic heterocycles. The van der Waals surface area contributed by atoms with E-state index in [0.717, 1.165) is 0 Å². The Morgan fingerprint density at radius 3 is 2.72 bits per heavy atom. The van der Waals surface area contributed by atoms with Crippen molar-refractivity contribution in [2.24, 2.45) is 0 Å². The molecule has 3 N–H and O–H groups in total. The van der Waals surface area contributed by atoms with Gasteiger partial charge in [-0.05, 0) is 25.1 Å². The van der Waals surface area contributed by atoms with E-state index in [4.69, 9.17) is 15.2 Å². The molecule has 0 spiro atoms. The Bertz CT molecular complexity index is 446. The first-order valence-electron chi connectivity index (χ1n) is 5.45. The molecule has 1 aromatic carbocycles. The molecule has 1 aromatic rings. The van der Waals surface area contributed by atoms with Crippen molar-refractivity contribution < 1.29 is 19.1 Å². The number of methoxy groups -OCH3 is 1. The maximum Gasteiger partial charge on any atom is 0.325 e. The number of benzene rings is 1. The van der Waals surface area contributed by atoms with Gasteiger partial charge < -0.3 is 20.5 Å². The van der Waals surface area contributed by atoms with Crippen LogP contribution in [0.5, 0.6) is 5.75 Å². The Labute approximate surface area is 105 Å². The second-order valence-electron chi connectivity index (χ2n) is 3.44. The van der Waals surface area contributed by atoms with Crippen LogP contribution in [0.1, 0.15) is 17.3 Å². The minimum atomic E-state index is -0.478. The summed E-state index contributed by atoms with van der Waals surface area (Å²) in [4.78, 5) is 22.8. The molecule has 0 saturated carbocycles. The maximum atomic E-state index is 11.7. The maximum absolute atomic E-state index is 11.7. The fourth-order valence-electron chi connectivity index (χ4n) is 1.32. The first-order valence-corrected chi connectivity index (χ1v) is 5.45. The number of nitrogen functional groups attached to an aromatic ring is 1. The van der Waals surface area contributed by atoms with Crippen molar-refractivity contribution in [3.05, 3.63) is 23.8 Å². The number of hydrogen-bond acceptors (Lipinski definition) is 5. The average Bonchev–Trinajstić information content (AvgIpc) is 2.37. The summed E-state index contributed by atoms with van der Waals surface area (Å²) >= 11 is 0. The quantitative estimate of drug-likeness (QED) is 0.590. The first kappa shape index (κ1) is 13.8. The number of anilines is 1. The van der Waals surface area contributed by atoms with Gasteiger partial charge in [-0.1, -0.05) is 0 Å². The summed E-state index contributed by atoms with van der Waals surface area (Å²) < 4.78 is 9.70. The molecule has 0 heterocycles. The van der Waals surface area contributed by atoms with E-state index in [2.05, 4.69) is 5.32 Å². The number of nitrogens with one attached hydrogen (secondary N) is 1. The van der Waals surface area contributed by atoms with E-state index in [1.54, 1.807) is 19.1 Å². The molecular weight excluding hydrogens is 236 g/mol. The van der Waals surface area contributed by atoms with E-state index in [1.165, 1.54) is 13.2 Å². The zero-order chi connectivity index (χ0) is 13.5. The van der Waals surface area contributed by atoms with Gasteiger partial charge in [-0.3, -0.25) is 9.59 Å². The highest BCUT2D eigenvalue weighted by Gasteiger charge is 2.10. The number of carbonyl (C=O) groups excluding carboxylic acids is 2. The van der Waals surface area contributed by atoms with Crippen molar-refractivity contribution in [1.29, 1.82) is 0 Å². The molecule has 0 atom stereocenters. The second kappa shape index (κ2) is 6.48. The highest BCUT2D eigenvalue weighted by Crippen LogP contribution is 2.21. The highest BCUT2D eigenvalue weighted by atomic mass is 16.5. The topological polar surface area (TPSA) is 90.7 Å². The van der Waals surface area contributed by atoms with E-state index in [-0.39, 0.29) is 19.1 Å². The van der Waals surface area contributed by atoms with Crippen molar-refractivity contribution in [1.82, 2.24) is 5.32 Å². The fourth-order valence-corrected chi connectivity index (χ4v) is 1.32. The van der Waals surface area contributed by atoms with Gasteiger partial charge in [-0.25, -0.2) is 0 Å². The van der Waals surface area contributed by atoms with Gasteiger partial charge in [0.1, 0.15) is 12.3 Å². The van der Waals surface area contributed by atoms with Gasteiger partial charge in [-0.15, -0.1) is 0 Å². The minimum Gasteiger partial charge on any atom is -0.495 e. The number of nitrogens with two attached hydrogens (primary N) is 1. The molecule has 1 rings (SSSR count). The third kappa shape index (κ3) is 3.65. The molecule has 18 heavy (non-hydrogen) atoms. The molecule has 0 radical (unpaired) electrons. The summed E-state index contributed by atoms with van der Waals surface area (Å²) in [5.41, 5.74) is 6.44. The molecule has 0 fully saturated rings. The lowest BCUT2D eigenvalue weighted by Gasteiger charge is -2.08. The lowest BCUT2D eigenvalue weighted by molar-refractivity contribution is -0.141. The Morgan fingerprint density at radius 2 is 2.11 bits per heavy atom. The molecule has 0 unspecified atom stereocenters. The van der Waals surface area contributed by atoms with E-state index in [9.17, 15) is 9.59 Å². The normalized spacial score (nSPS) is 9.67. The van der Waals surface area contributed by atoms with Crippen molar-refractivity contribution >= 4 is 17.6 Å². The summed E-state index contributed by atoms with van der Waals surface area (Å²) in [7, 11) is 1.46. The number of hydrogen-bond donors (Lipinski definition) is 2. The summed E-state index contributed by atoms with van der Waals surface area (Å²) in [6.45, 7) is 1.81. The molecular formula is C12H16N2O4.